The third kappa shape index (κ3) is 11.8. The molecule has 0 aliphatic carbocycles. The lowest BCUT2D eigenvalue weighted by molar-refractivity contribution is -0.142. The van der Waals surface area contributed by atoms with Crippen LogP contribution in [-0.2, 0) is 30.4 Å². The number of para-hydroxylation sites is 1. The highest BCUT2D eigenvalue weighted by atomic mass is 32.2. The number of aliphatic imine (C=N–C) groups is 1. The van der Waals surface area contributed by atoms with Gasteiger partial charge < -0.3 is 49.0 Å². The van der Waals surface area contributed by atoms with E-state index in [1.807, 2.05) is 30.5 Å². The van der Waals surface area contributed by atoms with Gasteiger partial charge in [0.2, 0.25) is 23.6 Å². The van der Waals surface area contributed by atoms with E-state index in [2.05, 4.69) is 25.9 Å². The van der Waals surface area contributed by atoms with Gasteiger partial charge in [-0.25, -0.2) is 4.79 Å². The molecule has 4 amide bonds. The maximum atomic E-state index is 13.5. The Bertz CT molecular complexity index is 1300. The summed E-state index contributed by atoms with van der Waals surface area (Å²) in [4.78, 5) is 70.0. The number of rotatable bonds is 19. The van der Waals surface area contributed by atoms with Crippen LogP contribution < -0.4 is 38.9 Å². The Hall–Kier alpha value is -4.31. The molecule has 13 N–H and O–H groups in total. The number of primary amides is 1. The molecule has 43 heavy (non-hydrogen) atoms. The van der Waals surface area contributed by atoms with Crippen LogP contribution in [0.1, 0.15) is 37.7 Å². The average Bonchev–Trinajstić information content (AvgIpc) is 3.37. The molecule has 4 unspecified atom stereocenters. The number of fused-ring (bicyclic) bond motifs is 1. The van der Waals surface area contributed by atoms with E-state index >= 15 is 0 Å². The van der Waals surface area contributed by atoms with Crippen molar-refractivity contribution in [3.05, 3.63) is 36.0 Å². The van der Waals surface area contributed by atoms with Crippen LogP contribution >= 0.6 is 11.8 Å². The summed E-state index contributed by atoms with van der Waals surface area (Å²) in [6.07, 6.45) is 3.94. The zero-order chi connectivity index (χ0) is 31.9. The zero-order valence-electron chi connectivity index (χ0n) is 24.0. The van der Waals surface area contributed by atoms with Crippen molar-refractivity contribution in [2.75, 3.05) is 18.6 Å². The Kier molecular flexibility index (Phi) is 14.3. The first-order valence-corrected chi connectivity index (χ1v) is 15.1. The Morgan fingerprint density at radius 1 is 0.930 bits per heavy atom. The van der Waals surface area contributed by atoms with Crippen LogP contribution in [0.15, 0.2) is 35.5 Å². The van der Waals surface area contributed by atoms with Crippen molar-refractivity contribution < 1.29 is 29.1 Å². The van der Waals surface area contributed by atoms with Crippen LogP contribution in [0.2, 0.25) is 0 Å². The van der Waals surface area contributed by atoms with E-state index in [1.54, 1.807) is 6.20 Å². The zero-order valence-corrected chi connectivity index (χ0v) is 24.8. The van der Waals surface area contributed by atoms with E-state index in [-0.39, 0.29) is 44.6 Å². The molecule has 0 bridgehead atoms. The van der Waals surface area contributed by atoms with Crippen LogP contribution in [0.4, 0.5) is 0 Å². The molecule has 2 rings (SSSR count). The summed E-state index contributed by atoms with van der Waals surface area (Å²) in [6.45, 7) is 0.258. The number of H-pyrrole nitrogens is 1. The molecule has 1 heterocycles. The number of nitrogens with two attached hydrogens (primary N) is 4. The van der Waals surface area contributed by atoms with Gasteiger partial charge in [-0.15, -0.1) is 0 Å². The molecule has 4 atom stereocenters. The van der Waals surface area contributed by atoms with Crippen molar-refractivity contribution in [1.29, 1.82) is 0 Å². The van der Waals surface area contributed by atoms with Gasteiger partial charge in [0.15, 0.2) is 5.96 Å². The fraction of sp³-hybridized carbons (Fsp3) is 0.481. The number of nitrogens with zero attached hydrogens (tertiary/aromatic N) is 1. The minimum absolute atomic E-state index is 0.0112. The number of carbonyl (C=O) groups is 5. The number of hydrogen-bond donors (Lipinski definition) is 9. The van der Waals surface area contributed by atoms with Gasteiger partial charge in [0, 0.05) is 36.5 Å². The maximum absolute atomic E-state index is 13.5. The molecular weight excluding hydrogens is 578 g/mol. The lowest BCUT2D eigenvalue weighted by Gasteiger charge is -2.25. The number of aromatic amines is 1. The lowest BCUT2D eigenvalue weighted by atomic mass is 10.0. The van der Waals surface area contributed by atoms with E-state index in [1.165, 1.54) is 11.8 Å². The Morgan fingerprint density at radius 2 is 1.58 bits per heavy atom. The highest BCUT2D eigenvalue weighted by Crippen LogP contribution is 2.19. The maximum Gasteiger partial charge on any atom is 0.326 e. The van der Waals surface area contributed by atoms with E-state index < -0.39 is 53.8 Å². The fourth-order valence-electron chi connectivity index (χ4n) is 4.25. The molecule has 15 nitrogen and oxygen atoms in total. The first-order valence-electron chi connectivity index (χ1n) is 13.7. The van der Waals surface area contributed by atoms with Gasteiger partial charge in [-0.05, 0) is 49.3 Å². The molecule has 236 valence electrons. The number of guanidine groups is 1. The predicted octanol–water partition coefficient (Wildman–Crippen LogP) is -1.35. The predicted molar refractivity (Wildman–Crippen MR) is 165 cm³/mol. The number of carbonyl (C=O) groups excluding carboxylic acids is 4. The molecule has 0 aliphatic rings. The third-order valence-corrected chi connectivity index (χ3v) is 7.22. The van der Waals surface area contributed by atoms with Crippen molar-refractivity contribution in [3.8, 4) is 0 Å². The fourth-order valence-corrected chi connectivity index (χ4v) is 4.72. The summed E-state index contributed by atoms with van der Waals surface area (Å²) in [6, 6.07) is 2.71. The van der Waals surface area contributed by atoms with Crippen LogP contribution in [0.5, 0.6) is 0 Å². The SMILES string of the molecule is CSCCC(NC(=O)C(Cc1c[nH]c2ccccc12)NC(=O)C(CCC(N)=O)NC(=O)C(N)CCCN=C(N)N)C(=O)O. The molecule has 16 heteroatoms. The average molecular weight is 620 g/mol. The molecule has 1 aromatic carbocycles. The van der Waals surface area contributed by atoms with Gasteiger partial charge in [-0.2, -0.15) is 11.8 Å². The molecule has 0 saturated carbocycles. The normalized spacial score (nSPS) is 13.7. The van der Waals surface area contributed by atoms with E-state index in [0.29, 0.717) is 17.7 Å². The number of hydrogen-bond acceptors (Lipinski definition) is 8. The van der Waals surface area contributed by atoms with Crippen molar-refractivity contribution in [3.63, 3.8) is 0 Å². The topological polar surface area (TPSA) is 274 Å². The molecule has 0 fully saturated rings. The van der Waals surface area contributed by atoms with Crippen molar-refractivity contribution in [2.24, 2.45) is 27.9 Å². The standard InChI is InChI=1S/C27H41N9O6S/c1-43-12-10-20(26(41)42)35-25(40)21(13-15-14-33-18-7-3-2-5-16(15)18)36-24(39)19(8-9-22(29)37)34-23(38)17(28)6-4-11-32-27(30)31/h2-3,5,7,14,17,19-21,33H,4,6,8-13,28H2,1H3,(H2,29,37)(H,34,38)(H,35,40)(H,36,39)(H,41,42)(H4,30,31,32). The molecular formula is C27H41N9O6S. The minimum atomic E-state index is -1.26. The van der Waals surface area contributed by atoms with Crippen molar-refractivity contribution >= 4 is 58.2 Å². The molecule has 1 aromatic heterocycles. The Balaban J connectivity index is 2.26. The van der Waals surface area contributed by atoms with Crippen molar-refractivity contribution in [2.45, 2.75) is 62.7 Å². The van der Waals surface area contributed by atoms with Crippen LogP contribution in [0, 0.1) is 0 Å². The number of thioether (sulfide) groups is 1. The number of nitrogens with one attached hydrogen (secondary N) is 4. The number of aromatic nitrogens is 1. The second-order valence-corrected chi connectivity index (χ2v) is 10.9. The Morgan fingerprint density at radius 3 is 2.23 bits per heavy atom. The molecule has 0 aliphatic heterocycles. The van der Waals surface area contributed by atoms with E-state index in [0.717, 1.165) is 10.9 Å². The lowest BCUT2D eigenvalue weighted by Crippen LogP contribution is -2.57. The summed E-state index contributed by atoms with van der Waals surface area (Å²) in [5.74, 6) is -3.65. The van der Waals surface area contributed by atoms with Crippen LogP contribution in [-0.4, -0.2) is 88.4 Å². The monoisotopic (exact) mass is 619 g/mol. The minimum Gasteiger partial charge on any atom is -0.480 e. The number of benzene rings is 1. The van der Waals surface area contributed by atoms with Gasteiger partial charge >= 0.3 is 5.97 Å². The summed E-state index contributed by atoms with van der Waals surface area (Å²) in [5.41, 5.74) is 23.4. The van der Waals surface area contributed by atoms with Gasteiger partial charge in [-0.3, -0.25) is 24.2 Å². The second kappa shape index (κ2) is 17.6. The summed E-state index contributed by atoms with van der Waals surface area (Å²) < 4.78 is 0. The van der Waals surface area contributed by atoms with Gasteiger partial charge in [0.25, 0.3) is 0 Å². The second-order valence-electron chi connectivity index (χ2n) is 9.93. The number of aliphatic carboxylic acids is 1. The van der Waals surface area contributed by atoms with E-state index in [4.69, 9.17) is 22.9 Å². The molecule has 2 aromatic rings. The molecule has 0 spiro atoms. The molecule has 0 saturated heterocycles. The number of carboxylic acids is 1. The van der Waals surface area contributed by atoms with Crippen molar-refractivity contribution in [1.82, 2.24) is 20.9 Å². The van der Waals surface area contributed by atoms with Gasteiger partial charge in [0.05, 0.1) is 6.04 Å². The van der Waals surface area contributed by atoms with Crippen LogP contribution in [0.3, 0.4) is 0 Å². The largest absolute Gasteiger partial charge is 0.480 e. The summed E-state index contributed by atoms with van der Waals surface area (Å²) in [7, 11) is 0. The van der Waals surface area contributed by atoms with Crippen LogP contribution in [0.25, 0.3) is 10.9 Å². The van der Waals surface area contributed by atoms with E-state index in [9.17, 15) is 29.1 Å². The quantitative estimate of drug-likeness (QED) is 0.0506. The number of carboxylic acid groups (broad SMARTS) is 1. The summed E-state index contributed by atoms with van der Waals surface area (Å²) in [5, 5.41) is 18.1. The first kappa shape index (κ1) is 34.9. The third-order valence-electron chi connectivity index (χ3n) is 6.57. The molecule has 0 radical (unpaired) electrons. The first-order chi connectivity index (χ1) is 20.4. The smallest absolute Gasteiger partial charge is 0.326 e. The highest BCUT2D eigenvalue weighted by molar-refractivity contribution is 7.98. The Labute approximate surface area is 253 Å². The van der Waals surface area contributed by atoms with Gasteiger partial charge in [-0.1, -0.05) is 18.2 Å². The highest BCUT2D eigenvalue weighted by Gasteiger charge is 2.31. The van der Waals surface area contributed by atoms with Gasteiger partial charge in [0.1, 0.15) is 18.1 Å². The number of amides is 4. The summed E-state index contributed by atoms with van der Waals surface area (Å²) >= 11 is 1.43.